The maximum Gasteiger partial charge on any atom is 0.231 e. The van der Waals surface area contributed by atoms with E-state index in [0.717, 1.165) is 37.1 Å². The fourth-order valence-electron chi connectivity index (χ4n) is 3.24. The number of hydrogen-bond acceptors (Lipinski definition) is 6. The van der Waals surface area contributed by atoms with Crippen LogP contribution in [0.5, 0.6) is 17.2 Å². The lowest BCUT2D eigenvalue weighted by Crippen LogP contribution is -2.23. The van der Waals surface area contributed by atoms with Gasteiger partial charge in [0.1, 0.15) is 12.0 Å². The Morgan fingerprint density at radius 3 is 2.96 bits per heavy atom. The zero-order valence-corrected chi connectivity index (χ0v) is 12.5. The van der Waals surface area contributed by atoms with Crippen molar-refractivity contribution in [1.82, 2.24) is 4.90 Å². The summed E-state index contributed by atoms with van der Waals surface area (Å²) in [5.41, 5.74) is 0.762. The summed E-state index contributed by atoms with van der Waals surface area (Å²) in [4.78, 5) is 13.8. The van der Waals surface area contributed by atoms with Gasteiger partial charge in [0.15, 0.2) is 17.2 Å². The topological polar surface area (TPSA) is 72.1 Å². The van der Waals surface area contributed by atoms with E-state index < -0.39 is 5.43 Å². The van der Waals surface area contributed by atoms with Gasteiger partial charge < -0.3 is 19.0 Å². The molecular formula is C17H17NO5. The number of hydrogen-bond donors (Lipinski definition) is 1. The average Bonchev–Trinajstić information content (AvgIpc) is 3.19. The van der Waals surface area contributed by atoms with Gasteiger partial charge in [-0.1, -0.05) is 6.07 Å². The van der Waals surface area contributed by atoms with E-state index in [9.17, 15) is 9.90 Å². The van der Waals surface area contributed by atoms with E-state index in [2.05, 4.69) is 11.0 Å². The van der Waals surface area contributed by atoms with Crippen molar-refractivity contribution in [2.45, 2.75) is 25.4 Å². The molecule has 2 aliphatic heterocycles. The molecule has 1 aromatic carbocycles. The Morgan fingerprint density at radius 1 is 1.22 bits per heavy atom. The van der Waals surface area contributed by atoms with Crippen LogP contribution >= 0.6 is 0 Å². The summed E-state index contributed by atoms with van der Waals surface area (Å²) in [5, 5.41) is 9.28. The van der Waals surface area contributed by atoms with Crippen LogP contribution in [0.1, 0.15) is 30.2 Å². The summed E-state index contributed by atoms with van der Waals surface area (Å²) in [5.74, 6) is 1.76. The first kappa shape index (κ1) is 14.1. The van der Waals surface area contributed by atoms with Crippen LogP contribution in [0.4, 0.5) is 0 Å². The van der Waals surface area contributed by atoms with Gasteiger partial charge in [0.25, 0.3) is 0 Å². The molecule has 1 saturated heterocycles. The van der Waals surface area contributed by atoms with Crippen molar-refractivity contribution in [2.24, 2.45) is 0 Å². The monoisotopic (exact) mass is 315 g/mol. The number of nitrogens with zero attached hydrogens (tertiary/aromatic N) is 1. The van der Waals surface area contributed by atoms with Crippen LogP contribution in [0.15, 0.2) is 39.7 Å². The van der Waals surface area contributed by atoms with Gasteiger partial charge in [-0.25, -0.2) is 0 Å². The number of ether oxygens (including phenoxy) is 2. The Bertz CT molecular complexity index is 785. The minimum atomic E-state index is -0.412. The third kappa shape index (κ3) is 2.66. The van der Waals surface area contributed by atoms with Crippen molar-refractivity contribution in [3.8, 4) is 17.2 Å². The number of likely N-dealkylation sites (tertiary alicyclic amines) is 1. The van der Waals surface area contributed by atoms with Crippen molar-refractivity contribution >= 4 is 0 Å². The van der Waals surface area contributed by atoms with Gasteiger partial charge >= 0.3 is 0 Å². The molecule has 6 heteroatoms. The van der Waals surface area contributed by atoms with Gasteiger partial charge in [0, 0.05) is 12.1 Å². The largest absolute Gasteiger partial charge is 0.502 e. The predicted molar refractivity (Wildman–Crippen MR) is 81.6 cm³/mol. The summed E-state index contributed by atoms with van der Waals surface area (Å²) in [6, 6.07) is 7.63. The van der Waals surface area contributed by atoms with Gasteiger partial charge in [0.2, 0.25) is 12.2 Å². The molecule has 1 atom stereocenters. The van der Waals surface area contributed by atoms with E-state index >= 15 is 0 Å². The highest BCUT2D eigenvalue weighted by molar-refractivity contribution is 5.45. The molecule has 0 amide bonds. The molecule has 3 heterocycles. The molecule has 2 aromatic rings. The number of aromatic hydroxyl groups is 1. The smallest absolute Gasteiger partial charge is 0.231 e. The molecule has 1 aromatic heterocycles. The summed E-state index contributed by atoms with van der Waals surface area (Å²) >= 11 is 0. The van der Waals surface area contributed by atoms with Gasteiger partial charge in [-0.15, -0.1) is 0 Å². The maximum atomic E-state index is 11.5. The molecular weight excluding hydrogens is 298 g/mol. The molecule has 23 heavy (non-hydrogen) atoms. The van der Waals surface area contributed by atoms with E-state index in [4.69, 9.17) is 13.9 Å². The molecule has 0 bridgehead atoms. The van der Waals surface area contributed by atoms with E-state index in [0.29, 0.717) is 12.3 Å². The lowest BCUT2D eigenvalue weighted by Gasteiger charge is -2.24. The highest BCUT2D eigenvalue weighted by Gasteiger charge is 2.28. The lowest BCUT2D eigenvalue weighted by atomic mass is 10.0. The average molecular weight is 315 g/mol. The molecule has 1 N–H and O–H groups in total. The molecule has 6 nitrogen and oxygen atoms in total. The van der Waals surface area contributed by atoms with Gasteiger partial charge in [-0.3, -0.25) is 9.69 Å². The Labute approximate surface area is 132 Å². The molecule has 0 aliphatic carbocycles. The number of benzene rings is 1. The van der Waals surface area contributed by atoms with Gasteiger partial charge in [0.05, 0.1) is 6.54 Å². The maximum absolute atomic E-state index is 11.5. The molecule has 4 rings (SSSR count). The van der Waals surface area contributed by atoms with Crippen molar-refractivity contribution < 1.29 is 19.0 Å². The SMILES string of the molecule is O=c1cc(CN2CCCC2c2ccc3c(c2)OCO3)occ1O. The fraction of sp³-hybridized carbons (Fsp3) is 0.353. The minimum Gasteiger partial charge on any atom is -0.502 e. The Hall–Kier alpha value is -2.47. The summed E-state index contributed by atoms with van der Waals surface area (Å²) < 4.78 is 16.1. The standard InChI is InChI=1S/C17H17NO5/c19-14-7-12(21-9-15(14)20)8-18-5-1-2-13(18)11-3-4-16-17(6-11)23-10-22-16/h3-4,6-7,9,13,20H,1-2,5,8,10H2. The van der Waals surface area contributed by atoms with Crippen LogP contribution in [0.25, 0.3) is 0 Å². The Kier molecular flexibility index (Phi) is 3.46. The molecule has 1 unspecified atom stereocenters. The van der Waals surface area contributed by atoms with Crippen LogP contribution in [-0.2, 0) is 6.54 Å². The van der Waals surface area contributed by atoms with Crippen LogP contribution < -0.4 is 14.9 Å². The molecule has 120 valence electrons. The summed E-state index contributed by atoms with van der Waals surface area (Å²) in [6.07, 6.45) is 3.23. The normalized spacial score (nSPS) is 20.1. The van der Waals surface area contributed by atoms with Gasteiger partial charge in [-0.05, 0) is 37.1 Å². The fourth-order valence-corrected chi connectivity index (χ4v) is 3.24. The van der Waals surface area contributed by atoms with E-state index in [-0.39, 0.29) is 18.6 Å². The summed E-state index contributed by atoms with van der Waals surface area (Å²) in [6.45, 7) is 1.74. The second-order valence-corrected chi connectivity index (χ2v) is 5.84. The van der Waals surface area contributed by atoms with Crippen LogP contribution in [0.2, 0.25) is 0 Å². The van der Waals surface area contributed by atoms with Crippen molar-refractivity contribution in [3.63, 3.8) is 0 Å². The molecule has 0 spiro atoms. The highest BCUT2D eigenvalue weighted by Crippen LogP contribution is 2.39. The second-order valence-electron chi connectivity index (χ2n) is 5.84. The van der Waals surface area contributed by atoms with Crippen LogP contribution in [0.3, 0.4) is 0 Å². The molecule has 2 aliphatic rings. The Morgan fingerprint density at radius 2 is 2.09 bits per heavy atom. The van der Waals surface area contributed by atoms with Crippen LogP contribution in [0, 0.1) is 0 Å². The highest BCUT2D eigenvalue weighted by atomic mass is 16.7. The number of rotatable bonds is 3. The number of fused-ring (bicyclic) bond motifs is 1. The Balaban J connectivity index is 1.56. The van der Waals surface area contributed by atoms with E-state index in [1.54, 1.807) is 0 Å². The predicted octanol–water partition coefficient (Wildman–Crippen LogP) is 2.41. The third-order valence-corrected chi connectivity index (χ3v) is 4.37. The molecule has 0 radical (unpaired) electrons. The molecule has 0 saturated carbocycles. The summed E-state index contributed by atoms with van der Waals surface area (Å²) in [7, 11) is 0. The zero-order valence-electron chi connectivity index (χ0n) is 12.5. The quantitative estimate of drug-likeness (QED) is 0.938. The molecule has 1 fully saturated rings. The first-order valence-corrected chi connectivity index (χ1v) is 7.65. The first-order chi connectivity index (χ1) is 11.2. The first-order valence-electron chi connectivity index (χ1n) is 7.65. The van der Waals surface area contributed by atoms with E-state index in [1.807, 2.05) is 12.1 Å². The van der Waals surface area contributed by atoms with Crippen molar-refractivity contribution in [1.29, 1.82) is 0 Å². The zero-order chi connectivity index (χ0) is 15.8. The van der Waals surface area contributed by atoms with E-state index in [1.165, 1.54) is 11.6 Å². The van der Waals surface area contributed by atoms with Crippen molar-refractivity contribution in [3.05, 3.63) is 52.1 Å². The lowest BCUT2D eigenvalue weighted by molar-refractivity contribution is 0.173. The van der Waals surface area contributed by atoms with Crippen molar-refractivity contribution in [2.75, 3.05) is 13.3 Å². The second kappa shape index (κ2) is 5.62. The third-order valence-electron chi connectivity index (χ3n) is 4.37. The minimum absolute atomic E-state index is 0.253. The van der Waals surface area contributed by atoms with Crippen LogP contribution in [-0.4, -0.2) is 23.3 Å². The van der Waals surface area contributed by atoms with Gasteiger partial charge in [-0.2, -0.15) is 0 Å².